The molecule has 1 heterocycles. The first kappa shape index (κ1) is 18.4. The van der Waals surface area contributed by atoms with Crippen LogP contribution >= 0.6 is 0 Å². The number of carbonyl (C=O) groups excluding carboxylic acids is 1. The molecule has 2 atom stereocenters. The van der Waals surface area contributed by atoms with Crippen molar-refractivity contribution in [3.05, 3.63) is 59.8 Å². The van der Waals surface area contributed by atoms with E-state index in [2.05, 4.69) is 30.6 Å². The van der Waals surface area contributed by atoms with Crippen molar-refractivity contribution in [3.8, 4) is 11.5 Å². The van der Waals surface area contributed by atoms with Gasteiger partial charge in [-0.2, -0.15) is 0 Å². The third-order valence-electron chi connectivity index (χ3n) is 5.48. The summed E-state index contributed by atoms with van der Waals surface area (Å²) in [6.07, 6.45) is 2.72. The summed E-state index contributed by atoms with van der Waals surface area (Å²) in [4.78, 5) is 13.2. The van der Waals surface area contributed by atoms with Crippen molar-refractivity contribution in [2.75, 3.05) is 24.9 Å². The second kappa shape index (κ2) is 6.89. The maximum Gasteiger partial charge on any atom is 0.161 e. The van der Waals surface area contributed by atoms with E-state index in [1.54, 1.807) is 14.2 Å². The van der Waals surface area contributed by atoms with Gasteiger partial charge in [0.15, 0.2) is 11.5 Å². The van der Waals surface area contributed by atoms with Crippen LogP contribution in [0.2, 0.25) is 0 Å². The average molecular weight is 378 g/mol. The minimum Gasteiger partial charge on any atom is -0.493 e. The molecule has 0 spiro atoms. The van der Waals surface area contributed by atoms with Gasteiger partial charge in [-0.25, -0.2) is 0 Å². The van der Waals surface area contributed by atoms with Crippen LogP contribution in [-0.4, -0.2) is 20.0 Å². The number of ether oxygens (including phenoxy) is 2. The van der Waals surface area contributed by atoms with Crippen LogP contribution in [0.15, 0.2) is 54.2 Å². The Bertz CT molecular complexity index is 949. The van der Waals surface area contributed by atoms with E-state index in [4.69, 9.17) is 9.47 Å². The first-order valence-electron chi connectivity index (χ1n) is 9.52. The smallest absolute Gasteiger partial charge is 0.161 e. The van der Waals surface area contributed by atoms with E-state index in [9.17, 15) is 4.79 Å². The molecule has 5 nitrogen and oxygen atoms in total. The van der Waals surface area contributed by atoms with Gasteiger partial charge in [0, 0.05) is 12.1 Å². The number of Topliss-reactive ketones (excluding diaryl/α,β-unsaturated/α-hetero) is 1. The maximum atomic E-state index is 13.2. The van der Waals surface area contributed by atoms with Gasteiger partial charge in [-0.05, 0) is 35.2 Å². The van der Waals surface area contributed by atoms with Gasteiger partial charge in [0.05, 0.1) is 37.6 Å². The number of rotatable bonds is 3. The Labute approximate surface area is 165 Å². The lowest BCUT2D eigenvalue weighted by atomic mass is 9.72. The summed E-state index contributed by atoms with van der Waals surface area (Å²) in [5, 5.41) is 7.12. The van der Waals surface area contributed by atoms with E-state index >= 15 is 0 Å². The Balaban J connectivity index is 1.86. The van der Waals surface area contributed by atoms with E-state index < -0.39 is 0 Å². The summed E-state index contributed by atoms with van der Waals surface area (Å²) < 4.78 is 10.9. The summed E-state index contributed by atoms with van der Waals surface area (Å²) in [6.45, 7) is 4.21. The number of anilines is 2. The second-order valence-electron chi connectivity index (χ2n) is 8.12. The quantitative estimate of drug-likeness (QED) is 0.805. The Morgan fingerprint density at radius 3 is 2.43 bits per heavy atom. The van der Waals surface area contributed by atoms with Crippen molar-refractivity contribution >= 4 is 17.2 Å². The highest BCUT2D eigenvalue weighted by atomic mass is 16.5. The maximum absolute atomic E-state index is 13.2. The number of hydrogen-bond acceptors (Lipinski definition) is 5. The van der Waals surface area contributed by atoms with Gasteiger partial charge in [0.25, 0.3) is 0 Å². The van der Waals surface area contributed by atoms with Gasteiger partial charge in [-0.1, -0.05) is 38.1 Å². The Hall–Kier alpha value is -2.95. The molecule has 0 radical (unpaired) electrons. The summed E-state index contributed by atoms with van der Waals surface area (Å²) in [7, 11) is 3.24. The molecule has 0 fully saturated rings. The molecule has 0 saturated carbocycles. The van der Waals surface area contributed by atoms with Crippen molar-refractivity contribution in [1.29, 1.82) is 0 Å². The molecule has 0 amide bonds. The van der Waals surface area contributed by atoms with Crippen molar-refractivity contribution in [1.82, 2.24) is 0 Å². The lowest BCUT2D eigenvalue weighted by Gasteiger charge is -2.35. The number of carbonyl (C=O) groups is 1. The predicted octanol–water partition coefficient (Wildman–Crippen LogP) is 4.78. The Morgan fingerprint density at radius 2 is 1.71 bits per heavy atom. The molecule has 2 N–H and O–H groups in total. The van der Waals surface area contributed by atoms with Crippen molar-refractivity contribution in [2.24, 2.45) is 11.3 Å². The minimum absolute atomic E-state index is 0.169. The average Bonchev–Trinajstić information content (AvgIpc) is 2.82. The standard InChI is InChI=1S/C23H26N2O3/c1-23(2)12-17-21(18(26)13-23)22(25-16-8-6-5-7-15(16)24-17)14-9-10-19(27-3)20(11-14)28-4/h5-12,21-22,24-25H,13H2,1-4H3. The molecule has 2 aromatic rings. The zero-order chi connectivity index (χ0) is 19.9. The van der Waals surface area contributed by atoms with Crippen LogP contribution in [0.4, 0.5) is 11.4 Å². The van der Waals surface area contributed by atoms with Crippen LogP contribution in [0, 0.1) is 11.3 Å². The van der Waals surface area contributed by atoms with Crippen LogP contribution in [0.1, 0.15) is 31.9 Å². The highest BCUT2D eigenvalue weighted by Crippen LogP contribution is 2.46. The van der Waals surface area contributed by atoms with Crippen LogP contribution in [-0.2, 0) is 4.79 Å². The molecule has 2 aliphatic rings. The molecule has 0 aromatic heterocycles. The monoisotopic (exact) mass is 378 g/mol. The van der Waals surface area contributed by atoms with Crippen molar-refractivity contribution < 1.29 is 14.3 Å². The molecule has 2 unspecified atom stereocenters. The molecule has 4 rings (SSSR count). The normalized spacial score (nSPS) is 22.6. The number of allylic oxidation sites excluding steroid dienone is 1. The number of benzene rings is 2. The van der Waals surface area contributed by atoms with Crippen LogP contribution in [0.25, 0.3) is 0 Å². The lowest BCUT2D eigenvalue weighted by Crippen LogP contribution is -2.36. The summed E-state index contributed by atoms with van der Waals surface area (Å²) in [5.74, 6) is 1.26. The summed E-state index contributed by atoms with van der Waals surface area (Å²) in [5.41, 5.74) is 3.73. The molecular weight excluding hydrogens is 352 g/mol. The fraction of sp³-hybridized carbons (Fsp3) is 0.348. The molecule has 1 aliphatic carbocycles. The third kappa shape index (κ3) is 3.21. The fourth-order valence-corrected chi connectivity index (χ4v) is 4.22. The Morgan fingerprint density at radius 1 is 1.00 bits per heavy atom. The van der Waals surface area contributed by atoms with E-state index in [0.29, 0.717) is 17.9 Å². The van der Waals surface area contributed by atoms with Gasteiger partial charge in [-0.15, -0.1) is 0 Å². The molecule has 146 valence electrons. The number of para-hydroxylation sites is 2. The zero-order valence-electron chi connectivity index (χ0n) is 16.7. The van der Waals surface area contributed by atoms with Crippen molar-refractivity contribution in [2.45, 2.75) is 26.3 Å². The largest absolute Gasteiger partial charge is 0.493 e. The van der Waals surface area contributed by atoms with Gasteiger partial charge in [0.1, 0.15) is 5.78 Å². The molecule has 0 saturated heterocycles. The predicted molar refractivity (Wildman–Crippen MR) is 111 cm³/mol. The number of ketones is 1. The number of hydrogen-bond donors (Lipinski definition) is 2. The molecule has 28 heavy (non-hydrogen) atoms. The first-order chi connectivity index (χ1) is 13.4. The molecule has 0 bridgehead atoms. The van der Waals surface area contributed by atoms with E-state index in [1.807, 2.05) is 42.5 Å². The summed E-state index contributed by atoms with van der Waals surface area (Å²) >= 11 is 0. The van der Waals surface area contributed by atoms with Crippen LogP contribution < -0.4 is 20.1 Å². The van der Waals surface area contributed by atoms with E-state index in [1.165, 1.54) is 0 Å². The topological polar surface area (TPSA) is 59.6 Å². The van der Waals surface area contributed by atoms with E-state index in [-0.39, 0.29) is 23.2 Å². The minimum atomic E-state index is -0.293. The van der Waals surface area contributed by atoms with Gasteiger partial charge < -0.3 is 20.1 Å². The third-order valence-corrected chi connectivity index (χ3v) is 5.48. The lowest BCUT2D eigenvalue weighted by molar-refractivity contribution is -0.124. The number of methoxy groups -OCH3 is 2. The number of fused-ring (bicyclic) bond motifs is 2. The van der Waals surface area contributed by atoms with Crippen LogP contribution in [0.3, 0.4) is 0 Å². The number of nitrogens with one attached hydrogen (secondary N) is 2. The van der Waals surface area contributed by atoms with Gasteiger partial charge >= 0.3 is 0 Å². The molecule has 2 aromatic carbocycles. The van der Waals surface area contributed by atoms with Gasteiger partial charge in [-0.3, -0.25) is 4.79 Å². The highest BCUT2D eigenvalue weighted by Gasteiger charge is 2.41. The zero-order valence-corrected chi connectivity index (χ0v) is 16.7. The molecule has 5 heteroatoms. The second-order valence-corrected chi connectivity index (χ2v) is 8.12. The van der Waals surface area contributed by atoms with E-state index in [0.717, 1.165) is 22.6 Å². The molecule has 1 aliphatic heterocycles. The first-order valence-corrected chi connectivity index (χ1v) is 9.52. The Kier molecular flexibility index (Phi) is 4.53. The van der Waals surface area contributed by atoms with Gasteiger partial charge in [0.2, 0.25) is 0 Å². The van der Waals surface area contributed by atoms with Crippen molar-refractivity contribution in [3.63, 3.8) is 0 Å². The SMILES string of the molecule is COc1ccc(C2Nc3ccccc3NC3=CC(C)(C)CC(=O)C32)cc1OC. The van der Waals surface area contributed by atoms with Crippen LogP contribution in [0.5, 0.6) is 11.5 Å². The molecular formula is C23H26N2O3. The summed E-state index contributed by atoms with van der Waals surface area (Å²) in [6, 6.07) is 13.7. The highest BCUT2D eigenvalue weighted by molar-refractivity contribution is 5.90. The fourth-order valence-electron chi connectivity index (χ4n) is 4.22.